The average molecular weight is 362 g/mol. The number of nitrogens with zero attached hydrogens (tertiary/aromatic N) is 3. The fourth-order valence-corrected chi connectivity index (χ4v) is 2.29. The fourth-order valence-electron chi connectivity index (χ4n) is 2.29. The summed E-state index contributed by atoms with van der Waals surface area (Å²) in [5, 5.41) is 14.8. The summed E-state index contributed by atoms with van der Waals surface area (Å²) >= 11 is 0. The molecule has 3 rings (SSSR count). The predicted molar refractivity (Wildman–Crippen MR) is 104 cm³/mol. The van der Waals surface area contributed by atoms with E-state index in [9.17, 15) is 10.1 Å². The molecule has 1 heterocycles. The van der Waals surface area contributed by atoms with Crippen LogP contribution in [0, 0.1) is 17.0 Å². The molecular weight excluding hydrogens is 344 g/mol. The first-order chi connectivity index (χ1) is 13.1. The number of ether oxygens (including phenoxy) is 1. The van der Waals surface area contributed by atoms with Gasteiger partial charge in [0.25, 0.3) is 5.69 Å². The molecule has 3 aromatic rings. The van der Waals surface area contributed by atoms with Gasteiger partial charge < -0.3 is 4.74 Å². The van der Waals surface area contributed by atoms with E-state index >= 15 is 0 Å². The molecule has 0 aliphatic rings. The van der Waals surface area contributed by atoms with Crippen LogP contribution in [0.25, 0.3) is 0 Å². The summed E-state index contributed by atoms with van der Waals surface area (Å²) in [4.78, 5) is 14.1. The molecule has 0 fully saturated rings. The zero-order valence-corrected chi connectivity index (χ0v) is 14.7. The van der Waals surface area contributed by atoms with Crippen molar-refractivity contribution in [1.29, 1.82) is 0 Å². The third kappa shape index (κ3) is 5.12. The van der Waals surface area contributed by atoms with Crippen molar-refractivity contribution >= 4 is 17.7 Å². The summed E-state index contributed by atoms with van der Waals surface area (Å²) in [5.74, 6) is 1.12. The van der Waals surface area contributed by atoms with E-state index < -0.39 is 4.92 Å². The van der Waals surface area contributed by atoms with E-state index in [-0.39, 0.29) is 5.69 Å². The first-order valence-corrected chi connectivity index (χ1v) is 8.29. The van der Waals surface area contributed by atoms with Gasteiger partial charge in [-0.2, -0.15) is 5.10 Å². The maximum Gasteiger partial charge on any atom is 0.287 e. The van der Waals surface area contributed by atoms with Crippen LogP contribution in [0.2, 0.25) is 0 Å². The predicted octanol–water partition coefficient (Wildman–Crippen LogP) is 4.32. The first kappa shape index (κ1) is 18.1. The van der Waals surface area contributed by atoms with E-state index in [4.69, 9.17) is 4.74 Å². The van der Waals surface area contributed by atoms with Crippen LogP contribution in [0.1, 0.15) is 16.7 Å². The largest absolute Gasteiger partial charge is 0.488 e. The fraction of sp³-hybridized carbons (Fsp3) is 0.100. The summed E-state index contributed by atoms with van der Waals surface area (Å²) in [6.07, 6.45) is 2.80. The van der Waals surface area contributed by atoms with Crippen molar-refractivity contribution in [3.63, 3.8) is 0 Å². The van der Waals surface area contributed by atoms with Crippen molar-refractivity contribution in [2.24, 2.45) is 5.10 Å². The van der Waals surface area contributed by atoms with Crippen LogP contribution in [0.15, 0.2) is 72.0 Å². The highest BCUT2D eigenvalue weighted by Gasteiger charge is 2.05. The second kappa shape index (κ2) is 8.57. The van der Waals surface area contributed by atoms with Gasteiger partial charge in [-0.1, -0.05) is 42.0 Å². The molecule has 1 aromatic heterocycles. The van der Waals surface area contributed by atoms with Crippen LogP contribution in [0.5, 0.6) is 5.75 Å². The molecule has 0 atom stereocenters. The number of hydrogen-bond acceptors (Lipinski definition) is 6. The van der Waals surface area contributed by atoms with Gasteiger partial charge in [0.1, 0.15) is 24.4 Å². The molecule has 1 N–H and O–H groups in total. The summed E-state index contributed by atoms with van der Waals surface area (Å²) in [5.41, 5.74) is 5.77. The molecule has 0 saturated heterocycles. The lowest BCUT2D eigenvalue weighted by molar-refractivity contribution is -0.385. The van der Waals surface area contributed by atoms with Gasteiger partial charge in [-0.25, -0.2) is 4.98 Å². The van der Waals surface area contributed by atoms with E-state index in [0.29, 0.717) is 18.2 Å². The van der Waals surface area contributed by atoms with Crippen LogP contribution < -0.4 is 10.2 Å². The minimum Gasteiger partial charge on any atom is -0.488 e. The molecule has 0 bridgehead atoms. The molecule has 0 saturated carbocycles. The van der Waals surface area contributed by atoms with Gasteiger partial charge in [-0.15, -0.1) is 0 Å². The highest BCUT2D eigenvalue weighted by atomic mass is 16.6. The van der Waals surface area contributed by atoms with E-state index in [2.05, 4.69) is 15.5 Å². The molecule has 0 aliphatic heterocycles. The van der Waals surface area contributed by atoms with Crippen LogP contribution >= 0.6 is 0 Å². The number of nitro groups is 1. The lowest BCUT2D eigenvalue weighted by Gasteiger charge is -2.09. The number of aromatic nitrogens is 1. The van der Waals surface area contributed by atoms with Crippen LogP contribution in [-0.2, 0) is 6.61 Å². The molecule has 0 aliphatic carbocycles. The molecule has 7 nitrogen and oxygen atoms in total. The van der Waals surface area contributed by atoms with E-state index in [1.165, 1.54) is 23.9 Å². The second-order valence-corrected chi connectivity index (χ2v) is 5.84. The van der Waals surface area contributed by atoms with Gasteiger partial charge in [0.2, 0.25) is 0 Å². The van der Waals surface area contributed by atoms with E-state index in [1.54, 1.807) is 6.21 Å². The smallest absolute Gasteiger partial charge is 0.287 e. The minimum atomic E-state index is -0.498. The Bertz CT molecular complexity index is 938. The zero-order chi connectivity index (χ0) is 19.1. The molecular formula is C20H18N4O3. The Balaban J connectivity index is 1.63. The number of rotatable bonds is 7. The van der Waals surface area contributed by atoms with Gasteiger partial charge in [0.15, 0.2) is 0 Å². The van der Waals surface area contributed by atoms with Crippen LogP contribution in [0.4, 0.5) is 11.5 Å². The number of aryl methyl sites for hydroxylation is 1. The highest BCUT2D eigenvalue weighted by molar-refractivity contribution is 5.83. The second-order valence-electron chi connectivity index (χ2n) is 5.84. The van der Waals surface area contributed by atoms with E-state index in [0.717, 1.165) is 11.1 Å². The number of hydrazone groups is 1. The maximum atomic E-state index is 10.6. The minimum absolute atomic E-state index is 0.0700. The highest BCUT2D eigenvalue weighted by Crippen LogP contribution is 2.18. The molecule has 0 amide bonds. The van der Waals surface area contributed by atoms with Crippen molar-refractivity contribution in [3.8, 4) is 5.75 Å². The van der Waals surface area contributed by atoms with Gasteiger partial charge in [-0.05, 0) is 30.7 Å². The number of para-hydroxylation sites is 1. The molecule has 0 radical (unpaired) electrons. The normalized spacial score (nSPS) is 10.7. The van der Waals surface area contributed by atoms with Gasteiger partial charge >= 0.3 is 0 Å². The molecule has 27 heavy (non-hydrogen) atoms. The van der Waals surface area contributed by atoms with Gasteiger partial charge in [0.05, 0.1) is 11.1 Å². The lowest BCUT2D eigenvalue weighted by atomic mass is 10.1. The molecule has 7 heteroatoms. The van der Waals surface area contributed by atoms with Crippen molar-refractivity contribution in [2.45, 2.75) is 13.5 Å². The lowest BCUT2D eigenvalue weighted by Crippen LogP contribution is -1.99. The molecule has 136 valence electrons. The van der Waals surface area contributed by atoms with Crippen molar-refractivity contribution < 1.29 is 9.66 Å². The summed E-state index contributed by atoms with van der Waals surface area (Å²) in [7, 11) is 0. The summed E-state index contributed by atoms with van der Waals surface area (Å²) < 4.78 is 5.90. The Hall–Kier alpha value is -3.74. The SMILES string of the molecule is Cc1ccc(COc2ccccc2/C=N/Nc2ccc([N+](=O)[O-])cn2)cc1. The average Bonchev–Trinajstić information content (AvgIpc) is 2.69. The molecule has 0 spiro atoms. The van der Waals surface area contributed by atoms with Crippen molar-refractivity contribution in [1.82, 2.24) is 4.98 Å². The number of pyridine rings is 1. The first-order valence-electron chi connectivity index (χ1n) is 8.29. The summed E-state index contributed by atoms with van der Waals surface area (Å²) in [6.45, 7) is 2.51. The monoisotopic (exact) mass is 362 g/mol. The topological polar surface area (TPSA) is 89.6 Å². The Morgan fingerprint density at radius 1 is 1.15 bits per heavy atom. The van der Waals surface area contributed by atoms with Crippen molar-refractivity contribution in [3.05, 3.63) is 93.7 Å². The maximum absolute atomic E-state index is 10.6. The third-order valence-corrected chi connectivity index (χ3v) is 3.78. The van der Waals surface area contributed by atoms with E-state index in [1.807, 2.05) is 55.5 Å². The molecule has 0 unspecified atom stereocenters. The quantitative estimate of drug-likeness (QED) is 0.384. The number of anilines is 1. The molecule has 2 aromatic carbocycles. The van der Waals surface area contributed by atoms with Gasteiger partial charge in [0, 0.05) is 11.6 Å². The third-order valence-electron chi connectivity index (χ3n) is 3.78. The number of nitrogens with one attached hydrogen (secondary N) is 1. The van der Waals surface area contributed by atoms with Gasteiger partial charge in [-0.3, -0.25) is 15.5 Å². The zero-order valence-electron chi connectivity index (χ0n) is 14.7. The van der Waals surface area contributed by atoms with Crippen molar-refractivity contribution in [2.75, 3.05) is 5.43 Å². The Labute approximate surface area is 156 Å². The Morgan fingerprint density at radius 2 is 1.93 bits per heavy atom. The standard InChI is InChI=1S/C20H18N4O3/c1-15-6-8-16(9-7-15)14-27-19-5-3-2-4-17(19)12-22-23-20-11-10-18(13-21-20)24(25)26/h2-13H,14H2,1H3,(H,21,23)/b22-12+. The van der Waals surface area contributed by atoms with Crippen LogP contribution in [-0.4, -0.2) is 16.1 Å². The number of benzene rings is 2. The number of hydrogen-bond donors (Lipinski definition) is 1. The summed E-state index contributed by atoms with van der Waals surface area (Å²) in [6, 6.07) is 18.6. The Kier molecular flexibility index (Phi) is 5.73. The van der Waals surface area contributed by atoms with Crippen LogP contribution in [0.3, 0.4) is 0 Å². The Morgan fingerprint density at radius 3 is 2.63 bits per heavy atom.